The lowest BCUT2D eigenvalue weighted by Gasteiger charge is -2.25. The maximum atomic E-state index is 13.3. The van der Waals surface area contributed by atoms with E-state index in [4.69, 9.17) is 5.73 Å². The molecule has 1 saturated heterocycles. The second-order valence-corrected chi connectivity index (χ2v) is 4.53. The van der Waals surface area contributed by atoms with Gasteiger partial charge < -0.3 is 5.73 Å². The van der Waals surface area contributed by atoms with Crippen molar-refractivity contribution >= 4 is 11.8 Å². The van der Waals surface area contributed by atoms with Gasteiger partial charge in [-0.25, -0.2) is 4.39 Å². The predicted octanol–water partition coefficient (Wildman–Crippen LogP) is 1.18. The van der Waals surface area contributed by atoms with Crippen LogP contribution < -0.4 is 5.73 Å². The highest BCUT2D eigenvalue weighted by molar-refractivity contribution is 5.97. The van der Waals surface area contributed by atoms with Gasteiger partial charge >= 0.3 is 0 Å². The lowest BCUT2D eigenvalue weighted by molar-refractivity contribution is -0.148. The minimum Gasteiger partial charge on any atom is -0.320 e. The molecule has 5 heteroatoms. The highest BCUT2D eigenvalue weighted by atomic mass is 19.1. The van der Waals surface area contributed by atoms with Crippen LogP contribution in [0.1, 0.15) is 30.4 Å². The summed E-state index contributed by atoms with van der Waals surface area (Å²) in [5.74, 6) is 4.63. The van der Waals surface area contributed by atoms with E-state index in [1.807, 2.05) is 0 Å². The first-order valence-electron chi connectivity index (χ1n) is 6.42. The number of rotatable bonds is 2. The molecule has 2 rings (SSSR count). The largest absolute Gasteiger partial charge is 0.320 e. The monoisotopic (exact) mass is 274 g/mol. The quantitative estimate of drug-likeness (QED) is 0.650. The van der Waals surface area contributed by atoms with Crippen molar-refractivity contribution in [1.29, 1.82) is 0 Å². The van der Waals surface area contributed by atoms with Crippen molar-refractivity contribution in [2.75, 3.05) is 6.54 Å². The molecule has 1 heterocycles. The highest BCUT2D eigenvalue weighted by Gasteiger charge is 2.26. The molecule has 0 aliphatic carbocycles. The van der Waals surface area contributed by atoms with Gasteiger partial charge in [0.2, 0.25) is 11.8 Å². The van der Waals surface area contributed by atoms with Crippen molar-refractivity contribution < 1.29 is 14.0 Å². The third-order valence-corrected chi connectivity index (χ3v) is 3.11. The van der Waals surface area contributed by atoms with E-state index in [-0.39, 0.29) is 24.9 Å². The normalized spacial score (nSPS) is 15.0. The molecule has 0 unspecified atom stereocenters. The minimum absolute atomic E-state index is 0.131. The van der Waals surface area contributed by atoms with Crippen LogP contribution >= 0.6 is 0 Å². The van der Waals surface area contributed by atoms with Crippen molar-refractivity contribution in [3.8, 4) is 11.8 Å². The molecule has 20 heavy (non-hydrogen) atoms. The Morgan fingerprint density at radius 3 is 2.60 bits per heavy atom. The van der Waals surface area contributed by atoms with Crippen molar-refractivity contribution in [3.63, 3.8) is 0 Å². The van der Waals surface area contributed by atoms with Gasteiger partial charge in [0.05, 0.1) is 13.1 Å². The summed E-state index contributed by atoms with van der Waals surface area (Å²) in [6.07, 6.45) is 1.34. The zero-order valence-electron chi connectivity index (χ0n) is 11.0. The summed E-state index contributed by atoms with van der Waals surface area (Å²) in [6.45, 7) is 0.296. The van der Waals surface area contributed by atoms with Gasteiger partial charge in [0.1, 0.15) is 5.82 Å². The zero-order chi connectivity index (χ0) is 14.5. The van der Waals surface area contributed by atoms with Crippen molar-refractivity contribution in [2.45, 2.75) is 25.8 Å². The molecule has 0 saturated carbocycles. The second-order valence-electron chi connectivity index (χ2n) is 4.53. The number of hydrogen-bond donors (Lipinski definition) is 1. The van der Waals surface area contributed by atoms with Crippen LogP contribution in [0.4, 0.5) is 4.39 Å². The van der Waals surface area contributed by atoms with Gasteiger partial charge in [-0.1, -0.05) is 17.9 Å². The number of benzene rings is 1. The Balaban J connectivity index is 2.28. The van der Waals surface area contributed by atoms with Crippen LogP contribution in [-0.4, -0.2) is 23.3 Å². The third-order valence-electron chi connectivity index (χ3n) is 3.11. The molecule has 104 valence electrons. The van der Waals surface area contributed by atoms with E-state index in [2.05, 4.69) is 11.8 Å². The van der Waals surface area contributed by atoms with Crippen molar-refractivity contribution in [1.82, 2.24) is 4.90 Å². The number of hydrogen-bond acceptors (Lipinski definition) is 3. The first-order valence-corrected chi connectivity index (χ1v) is 6.42. The van der Waals surface area contributed by atoms with Crippen LogP contribution in [0, 0.1) is 17.7 Å². The van der Waals surface area contributed by atoms with E-state index in [1.165, 1.54) is 17.0 Å². The Morgan fingerprint density at radius 1 is 1.25 bits per heavy atom. The Labute approximate surface area is 116 Å². The Morgan fingerprint density at radius 2 is 1.95 bits per heavy atom. The van der Waals surface area contributed by atoms with Crippen molar-refractivity contribution in [3.05, 3.63) is 35.1 Å². The SMILES string of the molecule is NCC#Cc1cc(F)ccc1CN1C(=O)CCCC1=O. The van der Waals surface area contributed by atoms with E-state index in [1.54, 1.807) is 6.07 Å². The first-order chi connectivity index (χ1) is 9.61. The average Bonchev–Trinajstić information content (AvgIpc) is 2.42. The number of carbonyl (C=O) groups excluding carboxylic acids is 2. The fraction of sp³-hybridized carbons (Fsp3) is 0.333. The Hall–Kier alpha value is -2.19. The van der Waals surface area contributed by atoms with Crippen LogP contribution in [0.3, 0.4) is 0 Å². The standard InChI is InChI=1S/C15H15FN2O2/c16-13-7-6-12(11(9-13)3-2-8-17)10-18-14(19)4-1-5-15(18)20/h6-7,9H,1,4-5,8,10,17H2. The van der Waals surface area contributed by atoms with Gasteiger partial charge in [-0.15, -0.1) is 0 Å². The summed E-state index contributed by atoms with van der Waals surface area (Å²) in [6, 6.07) is 4.13. The van der Waals surface area contributed by atoms with Crippen LogP contribution in [0.2, 0.25) is 0 Å². The average molecular weight is 274 g/mol. The molecule has 2 N–H and O–H groups in total. The molecule has 0 aromatic heterocycles. The van der Waals surface area contributed by atoms with E-state index in [0.717, 1.165) is 0 Å². The van der Waals surface area contributed by atoms with Gasteiger partial charge in [-0.3, -0.25) is 14.5 Å². The summed E-state index contributed by atoms with van der Waals surface area (Å²) in [5.41, 5.74) is 6.42. The van der Waals surface area contributed by atoms with Crippen LogP contribution in [-0.2, 0) is 16.1 Å². The number of likely N-dealkylation sites (tertiary alicyclic amines) is 1. The third kappa shape index (κ3) is 3.22. The van der Waals surface area contributed by atoms with Gasteiger partial charge in [-0.05, 0) is 24.1 Å². The fourth-order valence-corrected chi connectivity index (χ4v) is 2.10. The molecular formula is C15H15FN2O2. The molecule has 2 amide bonds. The molecule has 1 aliphatic heterocycles. The maximum absolute atomic E-state index is 13.3. The molecule has 1 aromatic rings. The summed E-state index contributed by atoms with van der Waals surface area (Å²) in [5, 5.41) is 0. The fourth-order valence-electron chi connectivity index (χ4n) is 2.10. The number of nitrogens with zero attached hydrogens (tertiary/aromatic N) is 1. The molecule has 0 radical (unpaired) electrons. The number of imide groups is 1. The summed E-state index contributed by atoms with van der Waals surface area (Å²) < 4.78 is 13.3. The van der Waals surface area contributed by atoms with Gasteiger partial charge in [0.15, 0.2) is 0 Å². The molecule has 1 aromatic carbocycles. The summed E-state index contributed by atoms with van der Waals surface area (Å²) >= 11 is 0. The lowest BCUT2D eigenvalue weighted by Crippen LogP contribution is -2.39. The van der Waals surface area contributed by atoms with Gasteiger partial charge in [0, 0.05) is 18.4 Å². The molecular weight excluding hydrogens is 259 g/mol. The smallest absolute Gasteiger partial charge is 0.229 e. The molecule has 0 bridgehead atoms. The van der Waals surface area contributed by atoms with E-state index in [9.17, 15) is 14.0 Å². The predicted molar refractivity (Wildman–Crippen MR) is 71.7 cm³/mol. The number of amides is 2. The summed E-state index contributed by atoms with van der Waals surface area (Å²) in [7, 11) is 0. The second kappa shape index (κ2) is 6.31. The number of nitrogens with two attached hydrogens (primary N) is 1. The van der Waals surface area contributed by atoms with Gasteiger partial charge in [0.25, 0.3) is 0 Å². The van der Waals surface area contributed by atoms with Crippen molar-refractivity contribution in [2.24, 2.45) is 5.73 Å². The molecule has 4 nitrogen and oxygen atoms in total. The number of carbonyl (C=O) groups is 2. The molecule has 1 fully saturated rings. The van der Waals surface area contributed by atoms with Crippen LogP contribution in [0.25, 0.3) is 0 Å². The van der Waals surface area contributed by atoms with Gasteiger partial charge in [-0.2, -0.15) is 0 Å². The lowest BCUT2D eigenvalue weighted by atomic mass is 10.0. The molecule has 0 atom stereocenters. The van der Waals surface area contributed by atoms with E-state index < -0.39 is 5.82 Å². The number of piperidine rings is 1. The first kappa shape index (κ1) is 14.2. The maximum Gasteiger partial charge on any atom is 0.229 e. The zero-order valence-corrected chi connectivity index (χ0v) is 11.0. The summed E-state index contributed by atoms with van der Waals surface area (Å²) in [4.78, 5) is 24.8. The van der Waals surface area contributed by atoms with Crippen LogP contribution in [0.15, 0.2) is 18.2 Å². The van der Waals surface area contributed by atoms with Crippen LogP contribution in [0.5, 0.6) is 0 Å². The highest BCUT2D eigenvalue weighted by Crippen LogP contribution is 2.18. The molecule has 1 aliphatic rings. The topological polar surface area (TPSA) is 63.4 Å². The molecule has 0 spiro atoms. The number of halogens is 1. The van der Waals surface area contributed by atoms with E-state index >= 15 is 0 Å². The minimum atomic E-state index is -0.411. The Kier molecular flexibility index (Phi) is 4.49. The van der Waals surface area contributed by atoms with E-state index in [0.29, 0.717) is 30.4 Å². The Bertz CT molecular complexity index is 586.